The van der Waals surface area contributed by atoms with E-state index in [0.29, 0.717) is 26.2 Å². The average Bonchev–Trinajstić information content (AvgIpc) is 2.37. The van der Waals surface area contributed by atoms with E-state index in [1.165, 1.54) is 0 Å². The van der Waals surface area contributed by atoms with Gasteiger partial charge in [0, 0.05) is 19.6 Å². The minimum absolute atomic E-state index is 0.0862. The number of ketones is 1. The summed E-state index contributed by atoms with van der Waals surface area (Å²) in [7, 11) is 0. The third-order valence-corrected chi connectivity index (χ3v) is 2.48. The number of ether oxygens (including phenoxy) is 2. The molecule has 0 atom stereocenters. The number of Topliss-reactive ketones (excluding diaryl/α,β-unsaturated/α-hetero) is 1. The number of hydrogen-bond donors (Lipinski definition) is 1. The second-order valence-electron chi connectivity index (χ2n) is 4.53. The molecule has 0 saturated heterocycles. The Kier molecular flexibility index (Phi) is 12.8. The third-order valence-electron chi connectivity index (χ3n) is 2.48. The predicted molar refractivity (Wildman–Crippen MR) is 74.1 cm³/mol. The lowest BCUT2D eigenvalue weighted by molar-refractivity contribution is -0.126. The van der Waals surface area contributed by atoms with Crippen LogP contribution in [0.2, 0.25) is 0 Å². The van der Waals surface area contributed by atoms with Gasteiger partial charge in [-0.2, -0.15) is 0 Å². The summed E-state index contributed by atoms with van der Waals surface area (Å²) in [6.45, 7) is 6.09. The van der Waals surface area contributed by atoms with Crippen molar-refractivity contribution in [2.45, 2.75) is 46.0 Å². The Bertz CT molecular complexity index is 244. The lowest BCUT2D eigenvalue weighted by atomic mass is 10.1. The molecule has 0 aromatic rings. The first-order valence-electron chi connectivity index (χ1n) is 7.08. The second kappa shape index (κ2) is 13.5. The van der Waals surface area contributed by atoms with Crippen molar-refractivity contribution in [1.82, 2.24) is 5.32 Å². The second-order valence-corrected chi connectivity index (χ2v) is 4.53. The summed E-state index contributed by atoms with van der Waals surface area (Å²) in [6, 6.07) is 0. The maximum Gasteiger partial charge on any atom is 0.245 e. The zero-order valence-electron chi connectivity index (χ0n) is 12.2. The smallest absolute Gasteiger partial charge is 0.245 e. The molecule has 0 aliphatic heterocycles. The fourth-order valence-electron chi connectivity index (χ4n) is 1.48. The van der Waals surface area contributed by atoms with Crippen LogP contribution >= 0.6 is 0 Å². The topological polar surface area (TPSA) is 64.6 Å². The van der Waals surface area contributed by atoms with E-state index in [1.54, 1.807) is 6.92 Å². The summed E-state index contributed by atoms with van der Waals surface area (Å²) in [5.41, 5.74) is 0. The molecule has 0 aliphatic carbocycles. The molecule has 1 amide bonds. The Morgan fingerprint density at radius 2 is 1.74 bits per heavy atom. The lowest BCUT2D eigenvalue weighted by Gasteiger charge is -2.06. The van der Waals surface area contributed by atoms with Crippen molar-refractivity contribution in [3.63, 3.8) is 0 Å². The average molecular weight is 273 g/mol. The number of carbonyl (C=O) groups is 2. The molecule has 0 unspecified atom stereocenters. The van der Waals surface area contributed by atoms with E-state index in [2.05, 4.69) is 5.32 Å². The monoisotopic (exact) mass is 273 g/mol. The summed E-state index contributed by atoms with van der Waals surface area (Å²) < 4.78 is 10.4. The standard InChI is InChI=1S/C14H27NO4/c1-3-9-18-10-11-19-12-14(17)15-8-6-4-5-7-13(2)16/h3-12H2,1-2H3,(H,15,17). The maximum atomic E-state index is 11.3. The predicted octanol–water partition coefficient (Wildman–Crippen LogP) is 1.70. The molecule has 0 aromatic carbocycles. The molecule has 19 heavy (non-hydrogen) atoms. The molecule has 0 heterocycles. The molecule has 0 bridgehead atoms. The lowest BCUT2D eigenvalue weighted by Crippen LogP contribution is -2.29. The quantitative estimate of drug-likeness (QED) is 0.519. The van der Waals surface area contributed by atoms with Crippen molar-refractivity contribution >= 4 is 11.7 Å². The van der Waals surface area contributed by atoms with Gasteiger partial charge in [-0.15, -0.1) is 0 Å². The first-order chi connectivity index (χ1) is 9.16. The SMILES string of the molecule is CCCOCCOCC(=O)NCCCCCC(C)=O. The highest BCUT2D eigenvalue weighted by molar-refractivity contribution is 5.77. The summed E-state index contributed by atoms with van der Waals surface area (Å²) >= 11 is 0. The number of hydrogen-bond acceptors (Lipinski definition) is 4. The number of unbranched alkanes of at least 4 members (excludes halogenated alkanes) is 2. The Morgan fingerprint density at radius 3 is 2.42 bits per heavy atom. The van der Waals surface area contributed by atoms with E-state index >= 15 is 0 Å². The molecular weight excluding hydrogens is 246 g/mol. The van der Waals surface area contributed by atoms with Gasteiger partial charge in [0.05, 0.1) is 13.2 Å². The van der Waals surface area contributed by atoms with E-state index in [9.17, 15) is 9.59 Å². The van der Waals surface area contributed by atoms with Crippen LogP contribution in [-0.2, 0) is 19.1 Å². The van der Waals surface area contributed by atoms with Crippen LogP contribution in [0.1, 0.15) is 46.0 Å². The number of amides is 1. The van der Waals surface area contributed by atoms with Gasteiger partial charge in [0.1, 0.15) is 12.4 Å². The molecule has 0 fully saturated rings. The van der Waals surface area contributed by atoms with Crippen molar-refractivity contribution in [3.8, 4) is 0 Å². The highest BCUT2D eigenvalue weighted by Crippen LogP contribution is 1.99. The molecule has 0 aliphatic rings. The first-order valence-corrected chi connectivity index (χ1v) is 7.08. The van der Waals surface area contributed by atoms with Crippen molar-refractivity contribution in [3.05, 3.63) is 0 Å². The highest BCUT2D eigenvalue weighted by Gasteiger charge is 2.00. The van der Waals surface area contributed by atoms with Crippen LogP contribution in [0.5, 0.6) is 0 Å². The van der Waals surface area contributed by atoms with Gasteiger partial charge >= 0.3 is 0 Å². The van der Waals surface area contributed by atoms with Gasteiger partial charge in [-0.05, 0) is 26.2 Å². The van der Waals surface area contributed by atoms with Crippen molar-refractivity contribution in [1.29, 1.82) is 0 Å². The number of carbonyl (C=O) groups excluding carboxylic acids is 2. The third kappa shape index (κ3) is 15.0. The Labute approximate surface area is 116 Å². The summed E-state index contributed by atoms with van der Waals surface area (Å²) in [6.07, 6.45) is 4.39. The first kappa shape index (κ1) is 18.1. The molecule has 5 nitrogen and oxygen atoms in total. The van der Waals surface area contributed by atoms with Crippen LogP contribution in [0, 0.1) is 0 Å². The Hall–Kier alpha value is -0.940. The van der Waals surface area contributed by atoms with E-state index < -0.39 is 0 Å². The van der Waals surface area contributed by atoms with Gasteiger partial charge in [-0.25, -0.2) is 0 Å². The van der Waals surface area contributed by atoms with Gasteiger partial charge in [0.2, 0.25) is 5.91 Å². The van der Waals surface area contributed by atoms with Crippen molar-refractivity contribution in [2.24, 2.45) is 0 Å². The highest BCUT2D eigenvalue weighted by atomic mass is 16.5. The van der Waals surface area contributed by atoms with Gasteiger partial charge in [0.25, 0.3) is 0 Å². The molecule has 112 valence electrons. The minimum atomic E-state index is -0.0953. The zero-order chi connectivity index (χ0) is 14.3. The molecule has 0 spiro atoms. The van der Waals surface area contributed by atoms with Gasteiger partial charge < -0.3 is 19.6 Å². The van der Waals surface area contributed by atoms with Gasteiger partial charge in [-0.1, -0.05) is 13.3 Å². The van der Waals surface area contributed by atoms with Gasteiger partial charge in [-0.3, -0.25) is 4.79 Å². The van der Waals surface area contributed by atoms with Crippen molar-refractivity contribution in [2.75, 3.05) is 33.0 Å². The molecule has 5 heteroatoms. The summed E-state index contributed by atoms with van der Waals surface area (Å²) in [5, 5.41) is 2.78. The van der Waals surface area contributed by atoms with Crippen LogP contribution < -0.4 is 5.32 Å². The van der Waals surface area contributed by atoms with Crippen molar-refractivity contribution < 1.29 is 19.1 Å². The molecule has 0 saturated carbocycles. The molecule has 0 radical (unpaired) electrons. The minimum Gasteiger partial charge on any atom is -0.379 e. The van der Waals surface area contributed by atoms with E-state index in [4.69, 9.17) is 9.47 Å². The fourth-order valence-corrected chi connectivity index (χ4v) is 1.48. The Morgan fingerprint density at radius 1 is 1.00 bits per heavy atom. The summed E-state index contributed by atoms with van der Waals surface area (Å²) in [5.74, 6) is 0.129. The molecule has 0 rings (SSSR count). The summed E-state index contributed by atoms with van der Waals surface area (Å²) in [4.78, 5) is 22.0. The van der Waals surface area contributed by atoms with Crippen LogP contribution in [-0.4, -0.2) is 44.7 Å². The van der Waals surface area contributed by atoms with E-state index in [1.807, 2.05) is 6.92 Å². The van der Waals surface area contributed by atoms with Crippen LogP contribution in [0.3, 0.4) is 0 Å². The van der Waals surface area contributed by atoms with Gasteiger partial charge in [0.15, 0.2) is 0 Å². The van der Waals surface area contributed by atoms with Crippen LogP contribution in [0.4, 0.5) is 0 Å². The normalized spacial score (nSPS) is 10.4. The zero-order valence-corrected chi connectivity index (χ0v) is 12.2. The van der Waals surface area contributed by atoms with Crippen LogP contribution in [0.25, 0.3) is 0 Å². The van der Waals surface area contributed by atoms with Crippen LogP contribution in [0.15, 0.2) is 0 Å². The number of nitrogens with one attached hydrogen (secondary N) is 1. The molecule has 0 aromatic heterocycles. The fraction of sp³-hybridized carbons (Fsp3) is 0.857. The molecule has 1 N–H and O–H groups in total. The molecular formula is C14H27NO4. The van der Waals surface area contributed by atoms with E-state index in [-0.39, 0.29) is 18.3 Å². The maximum absolute atomic E-state index is 11.3. The van der Waals surface area contributed by atoms with E-state index in [0.717, 1.165) is 32.3 Å². The number of rotatable bonds is 13. The Balaban J connectivity index is 3.19. The largest absolute Gasteiger partial charge is 0.379 e.